The summed E-state index contributed by atoms with van der Waals surface area (Å²) in [6, 6.07) is 22.1. The van der Waals surface area contributed by atoms with E-state index in [1.807, 2.05) is 54.6 Å². The van der Waals surface area contributed by atoms with Crippen LogP contribution >= 0.6 is 0 Å². The molecule has 0 aliphatic carbocycles. The summed E-state index contributed by atoms with van der Waals surface area (Å²) < 4.78 is 15.6. The fraction of sp³-hybridized carbons (Fsp3) is 0.214. The first kappa shape index (κ1) is 24.1. The van der Waals surface area contributed by atoms with Crippen LogP contribution in [0.1, 0.15) is 35.3 Å². The van der Waals surface area contributed by atoms with Gasteiger partial charge in [-0.2, -0.15) is 0 Å². The highest BCUT2D eigenvalue weighted by Crippen LogP contribution is 2.34. The molecule has 0 aromatic heterocycles. The van der Waals surface area contributed by atoms with Crippen LogP contribution in [-0.2, 0) is 0 Å². The smallest absolute Gasteiger partial charge is 0.118 e. The summed E-state index contributed by atoms with van der Waals surface area (Å²) >= 11 is 0. The lowest BCUT2D eigenvalue weighted by atomic mass is 9.90. The fourth-order valence-corrected chi connectivity index (χ4v) is 3.50. The summed E-state index contributed by atoms with van der Waals surface area (Å²) in [4.78, 5) is 0. The molecule has 0 spiro atoms. The second kappa shape index (κ2) is 11.4. The molecule has 0 aliphatic rings. The highest BCUT2D eigenvalue weighted by molar-refractivity contribution is 5.60. The Balaban J connectivity index is 1.90. The maximum Gasteiger partial charge on any atom is 0.118 e. The Morgan fingerprint density at radius 1 is 0.727 bits per heavy atom. The van der Waals surface area contributed by atoms with E-state index in [1.54, 1.807) is 45.6 Å². The van der Waals surface area contributed by atoms with Crippen LogP contribution in [0.4, 0.5) is 0 Å². The van der Waals surface area contributed by atoms with Gasteiger partial charge in [-0.15, -0.1) is 0 Å². The van der Waals surface area contributed by atoms with Gasteiger partial charge in [0.2, 0.25) is 0 Å². The Labute approximate surface area is 195 Å². The van der Waals surface area contributed by atoms with Crippen molar-refractivity contribution in [3.63, 3.8) is 0 Å². The normalized spacial score (nSPS) is 13.2. The molecule has 0 bridgehead atoms. The molecule has 0 aliphatic heterocycles. The summed E-state index contributed by atoms with van der Waals surface area (Å²) in [6.45, 7) is 4.17. The maximum atomic E-state index is 11.0. The van der Waals surface area contributed by atoms with Crippen LogP contribution in [0.3, 0.4) is 0 Å². The van der Waals surface area contributed by atoms with Crippen molar-refractivity contribution in [2.24, 2.45) is 0 Å². The Morgan fingerprint density at radius 2 is 1.15 bits per heavy atom. The predicted octanol–water partition coefficient (Wildman–Crippen LogP) is 5.51. The van der Waals surface area contributed by atoms with Gasteiger partial charge in [0.1, 0.15) is 23.4 Å². The minimum absolute atomic E-state index is 0.282. The van der Waals surface area contributed by atoms with Crippen molar-refractivity contribution in [1.82, 2.24) is 0 Å². The lowest BCUT2D eigenvalue weighted by Gasteiger charge is -2.21. The molecular formula is C28H30O5. The number of rotatable bonds is 10. The van der Waals surface area contributed by atoms with E-state index in [4.69, 9.17) is 14.2 Å². The van der Waals surface area contributed by atoms with E-state index in [9.17, 15) is 10.2 Å². The van der Waals surface area contributed by atoms with Crippen LogP contribution in [0.15, 0.2) is 90.5 Å². The van der Waals surface area contributed by atoms with Gasteiger partial charge in [-0.3, -0.25) is 0 Å². The van der Waals surface area contributed by atoms with Gasteiger partial charge in [-0.25, -0.2) is 0 Å². The molecule has 2 unspecified atom stereocenters. The standard InChI is InChI=1S/C28H30O5/c1-19(28(30)22-9-15-26(33-4)16-10-22)23(17-20-5-11-24(31-2)12-6-20)18-27(29)21-7-13-25(32-3)14-8-21/h5-17,27-30H,1,18H2,2-4H3/b23-17-. The zero-order valence-electron chi connectivity index (χ0n) is 19.2. The molecule has 2 N–H and O–H groups in total. The lowest BCUT2D eigenvalue weighted by molar-refractivity contribution is 0.175. The van der Waals surface area contributed by atoms with Crippen molar-refractivity contribution in [1.29, 1.82) is 0 Å². The maximum absolute atomic E-state index is 11.0. The number of hydrogen-bond acceptors (Lipinski definition) is 5. The molecule has 5 heteroatoms. The van der Waals surface area contributed by atoms with Gasteiger partial charge < -0.3 is 24.4 Å². The summed E-state index contributed by atoms with van der Waals surface area (Å²) in [5.74, 6) is 2.18. The molecule has 0 saturated carbocycles. The van der Waals surface area contributed by atoms with E-state index in [1.165, 1.54) is 0 Å². The minimum atomic E-state index is -0.927. The fourth-order valence-electron chi connectivity index (χ4n) is 3.50. The Hall–Kier alpha value is -3.54. The Kier molecular flexibility index (Phi) is 8.30. The SMILES string of the molecule is C=C(/C(=C\c1ccc(OC)cc1)CC(O)c1ccc(OC)cc1)C(O)c1ccc(OC)cc1. The quantitative estimate of drug-likeness (QED) is 0.402. The van der Waals surface area contributed by atoms with Crippen LogP contribution < -0.4 is 14.2 Å². The van der Waals surface area contributed by atoms with Gasteiger partial charge >= 0.3 is 0 Å². The summed E-state index contributed by atoms with van der Waals surface area (Å²) in [7, 11) is 4.82. The molecule has 0 fully saturated rings. The second-order valence-electron chi connectivity index (χ2n) is 7.64. The molecule has 0 amide bonds. The van der Waals surface area contributed by atoms with Crippen LogP contribution in [0, 0.1) is 0 Å². The van der Waals surface area contributed by atoms with Gasteiger partial charge in [-0.1, -0.05) is 49.1 Å². The van der Waals surface area contributed by atoms with Crippen LogP contribution in [0.5, 0.6) is 17.2 Å². The van der Waals surface area contributed by atoms with Crippen molar-refractivity contribution in [2.75, 3.05) is 21.3 Å². The molecular weight excluding hydrogens is 416 g/mol. The lowest BCUT2D eigenvalue weighted by Crippen LogP contribution is -2.07. The van der Waals surface area contributed by atoms with Gasteiger partial charge in [0, 0.05) is 6.42 Å². The second-order valence-corrected chi connectivity index (χ2v) is 7.64. The monoisotopic (exact) mass is 446 g/mol. The molecule has 0 heterocycles. The predicted molar refractivity (Wildman–Crippen MR) is 131 cm³/mol. The summed E-state index contributed by atoms with van der Waals surface area (Å²) in [6.07, 6.45) is 0.509. The Morgan fingerprint density at radius 3 is 1.61 bits per heavy atom. The van der Waals surface area contributed by atoms with E-state index in [-0.39, 0.29) is 6.42 Å². The third kappa shape index (κ3) is 6.25. The molecule has 3 aromatic rings. The molecule has 0 saturated heterocycles. The largest absolute Gasteiger partial charge is 0.497 e. The van der Waals surface area contributed by atoms with Crippen LogP contribution in [0.2, 0.25) is 0 Å². The van der Waals surface area contributed by atoms with Gasteiger partial charge in [0.25, 0.3) is 0 Å². The van der Waals surface area contributed by atoms with E-state index in [0.717, 1.165) is 28.2 Å². The Bertz CT molecular complexity index is 1070. The molecule has 0 radical (unpaired) electrons. The van der Waals surface area contributed by atoms with Crippen molar-refractivity contribution in [3.05, 3.63) is 107 Å². The summed E-state index contributed by atoms with van der Waals surface area (Å²) in [5, 5.41) is 22.0. The molecule has 2 atom stereocenters. The van der Waals surface area contributed by atoms with Gasteiger partial charge in [0.05, 0.1) is 27.4 Å². The average molecular weight is 447 g/mol. The minimum Gasteiger partial charge on any atom is -0.497 e. The number of benzene rings is 3. The number of aliphatic hydroxyl groups excluding tert-OH is 2. The van der Waals surface area contributed by atoms with Crippen LogP contribution in [-0.4, -0.2) is 31.5 Å². The number of hydrogen-bond donors (Lipinski definition) is 2. The van der Waals surface area contributed by atoms with Crippen molar-refractivity contribution < 1.29 is 24.4 Å². The number of aliphatic hydroxyl groups is 2. The van der Waals surface area contributed by atoms with Gasteiger partial charge in [-0.05, 0) is 64.2 Å². The van der Waals surface area contributed by atoms with Crippen LogP contribution in [0.25, 0.3) is 6.08 Å². The number of ether oxygens (including phenoxy) is 3. The van der Waals surface area contributed by atoms with Gasteiger partial charge in [0.15, 0.2) is 0 Å². The molecule has 3 aromatic carbocycles. The molecule has 5 nitrogen and oxygen atoms in total. The number of methoxy groups -OCH3 is 3. The summed E-state index contributed by atoms with van der Waals surface area (Å²) in [5.41, 5.74) is 3.62. The molecule has 3 rings (SSSR count). The zero-order chi connectivity index (χ0) is 23.8. The third-order valence-corrected chi connectivity index (χ3v) is 5.54. The third-order valence-electron chi connectivity index (χ3n) is 5.54. The average Bonchev–Trinajstić information content (AvgIpc) is 2.87. The van der Waals surface area contributed by atoms with E-state index >= 15 is 0 Å². The highest BCUT2D eigenvalue weighted by Gasteiger charge is 2.19. The van der Waals surface area contributed by atoms with E-state index in [0.29, 0.717) is 16.9 Å². The topological polar surface area (TPSA) is 68.2 Å². The zero-order valence-corrected chi connectivity index (χ0v) is 19.2. The molecule has 33 heavy (non-hydrogen) atoms. The first-order chi connectivity index (χ1) is 15.9. The van der Waals surface area contributed by atoms with Crippen molar-refractivity contribution in [2.45, 2.75) is 18.6 Å². The first-order valence-electron chi connectivity index (χ1n) is 10.6. The first-order valence-corrected chi connectivity index (χ1v) is 10.6. The highest BCUT2D eigenvalue weighted by atomic mass is 16.5. The van der Waals surface area contributed by atoms with Crippen molar-refractivity contribution >= 4 is 6.08 Å². The molecule has 172 valence electrons. The van der Waals surface area contributed by atoms with Crippen molar-refractivity contribution in [3.8, 4) is 17.2 Å². The van der Waals surface area contributed by atoms with E-state index in [2.05, 4.69) is 6.58 Å². The van der Waals surface area contributed by atoms with E-state index < -0.39 is 12.2 Å².